The summed E-state index contributed by atoms with van der Waals surface area (Å²) in [5.41, 5.74) is 0.610. The lowest BCUT2D eigenvalue weighted by Crippen LogP contribution is -2.24. The van der Waals surface area contributed by atoms with E-state index >= 15 is 0 Å². The van der Waals surface area contributed by atoms with Crippen molar-refractivity contribution in [3.05, 3.63) is 29.8 Å². The van der Waals surface area contributed by atoms with Crippen LogP contribution in [0, 0.1) is 0 Å². The van der Waals surface area contributed by atoms with Crippen LogP contribution in [0.5, 0.6) is 5.75 Å². The summed E-state index contributed by atoms with van der Waals surface area (Å²) in [5.74, 6) is 0.638. The predicted molar refractivity (Wildman–Crippen MR) is 67.2 cm³/mol. The molecule has 94 valence electrons. The smallest absolute Gasteiger partial charge is 0.306 e. The fourth-order valence-electron chi connectivity index (χ4n) is 1.54. The molecule has 0 aliphatic heterocycles. The predicted octanol–water partition coefficient (Wildman–Crippen LogP) is 2.97. The van der Waals surface area contributed by atoms with Gasteiger partial charge >= 0.3 is 5.97 Å². The molecule has 0 aliphatic rings. The number of esters is 1. The molecule has 0 fully saturated rings. The van der Waals surface area contributed by atoms with E-state index in [2.05, 4.69) is 0 Å². The van der Waals surface area contributed by atoms with Crippen LogP contribution < -0.4 is 4.74 Å². The molecule has 0 aromatic heterocycles. The lowest BCUT2D eigenvalue weighted by Gasteiger charge is -2.19. The van der Waals surface area contributed by atoms with Crippen molar-refractivity contribution in [3.63, 3.8) is 0 Å². The van der Waals surface area contributed by atoms with Crippen LogP contribution in [0.1, 0.15) is 32.8 Å². The Morgan fingerprint density at radius 3 is 2.47 bits per heavy atom. The van der Waals surface area contributed by atoms with Gasteiger partial charge in [0.05, 0.1) is 7.11 Å². The van der Waals surface area contributed by atoms with Crippen molar-refractivity contribution in [1.29, 1.82) is 0 Å². The lowest BCUT2D eigenvalue weighted by molar-refractivity contribution is -0.154. The maximum absolute atomic E-state index is 11.6. The van der Waals surface area contributed by atoms with Crippen molar-refractivity contribution in [2.75, 3.05) is 7.11 Å². The number of ether oxygens (including phenoxy) is 2. The molecule has 1 aromatic carbocycles. The van der Waals surface area contributed by atoms with Crippen LogP contribution in [-0.2, 0) is 16.0 Å². The van der Waals surface area contributed by atoms with E-state index < -0.39 is 5.60 Å². The molecule has 0 spiro atoms. The third-order valence-corrected chi connectivity index (χ3v) is 2.21. The van der Waals surface area contributed by atoms with Gasteiger partial charge in [-0.15, -0.1) is 0 Å². The van der Waals surface area contributed by atoms with E-state index in [1.165, 1.54) is 0 Å². The SMILES string of the molecule is COc1ccccc1CCC(=O)OC(C)(C)C. The Bertz CT molecular complexity index is 377. The zero-order valence-electron chi connectivity index (χ0n) is 10.9. The first kappa shape index (κ1) is 13.6. The first-order valence-electron chi connectivity index (χ1n) is 5.76. The van der Waals surface area contributed by atoms with E-state index in [9.17, 15) is 4.79 Å². The molecule has 0 radical (unpaired) electrons. The van der Waals surface area contributed by atoms with Gasteiger partial charge in [-0.05, 0) is 38.8 Å². The second kappa shape index (κ2) is 5.71. The fourth-order valence-corrected chi connectivity index (χ4v) is 1.54. The van der Waals surface area contributed by atoms with Crippen LogP contribution in [0.2, 0.25) is 0 Å². The van der Waals surface area contributed by atoms with Crippen molar-refractivity contribution < 1.29 is 14.3 Å². The van der Waals surface area contributed by atoms with Crippen LogP contribution in [0.4, 0.5) is 0 Å². The quantitative estimate of drug-likeness (QED) is 0.754. The second-order valence-electron chi connectivity index (χ2n) is 4.90. The van der Waals surface area contributed by atoms with Crippen molar-refractivity contribution in [3.8, 4) is 5.75 Å². The number of hydrogen-bond donors (Lipinski definition) is 0. The highest BCUT2D eigenvalue weighted by molar-refractivity contribution is 5.70. The Kier molecular flexibility index (Phi) is 4.55. The first-order valence-corrected chi connectivity index (χ1v) is 5.76. The molecular weight excluding hydrogens is 216 g/mol. The van der Waals surface area contributed by atoms with Gasteiger partial charge in [-0.3, -0.25) is 4.79 Å². The van der Waals surface area contributed by atoms with Gasteiger partial charge in [-0.25, -0.2) is 0 Å². The molecule has 1 aromatic rings. The summed E-state index contributed by atoms with van der Waals surface area (Å²) in [6.07, 6.45) is 1.01. The number of carbonyl (C=O) groups is 1. The molecule has 1 rings (SSSR count). The highest BCUT2D eigenvalue weighted by atomic mass is 16.6. The topological polar surface area (TPSA) is 35.5 Å². The monoisotopic (exact) mass is 236 g/mol. The average molecular weight is 236 g/mol. The third-order valence-electron chi connectivity index (χ3n) is 2.21. The number of benzene rings is 1. The maximum atomic E-state index is 11.6. The maximum Gasteiger partial charge on any atom is 0.306 e. The Balaban J connectivity index is 2.53. The zero-order valence-corrected chi connectivity index (χ0v) is 10.9. The summed E-state index contributed by atoms with van der Waals surface area (Å²) < 4.78 is 10.5. The summed E-state index contributed by atoms with van der Waals surface area (Å²) in [6.45, 7) is 5.61. The Labute approximate surface area is 103 Å². The van der Waals surface area contributed by atoms with Crippen LogP contribution in [-0.4, -0.2) is 18.7 Å². The van der Waals surface area contributed by atoms with Gasteiger partial charge in [0.25, 0.3) is 0 Å². The van der Waals surface area contributed by atoms with Crippen molar-refractivity contribution in [1.82, 2.24) is 0 Å². The van der Waals surface area contributed by atoms with E-state index in [1.54, 1.807) is 7.11 Å². The third kappa shape index (κ3) is 4.89. The molecular formula is C14H20O3. The number of para-hydroxylation sites is 1. The lowest BCUT2D eigenvalue weighted by atomic mass is 10.1. The van der Waals surface area contributed by atoms with Gasteiger partial charge in [-0.2, -0.15) is 0 Å². The Hall–Kier alpha value is -1.51. The molecule has 0 unspecified atom stereocenters. The standard InChI is InChI=1S/C14H20O3/c1-14(2,3)17-13(15)10-9-11-7-5-6-8-12(11)16-4/h5-8H,9-10H2,1-4H3. The molecule has 0 aliphatic carbocycles. The fraction of sp³-hybridized carbons (Fsp3) is 0.500. The van der Waals surface area contributed by atoms with Gasteiger partial charge in [-0.1, -0.05) is 18.2 Å². The zero-order chi connectivity index (χ0) is 12.9. The van der Waals surface area contributed by atoms with Gasteiger partial charge in [0.1, 0.15) is 11.4 Å². The molecule has 0 atom stereocenters. The summed E-state index contributed by atoms with van der Waals surface area (Å²) in [7, 11) is 1.63. The van der Waals surface area contributed by atoms with E-state index in [0.29, 0.717) is 12.8 Å². The average Bonchev–Trinajstić information content (AvgIpc) is 2.24. The van der Waals surface area contributed by atoms with Gasteiger partial charge < -0.3 is 9.47 Å². The van der Waals surface area contributed by atoms with Crippen molar-refractivity contribution in [2.24, 2.45) is 0 Å². The normalized spacial score (nSPS) is 11.1. The second-order valence-corrected chi connectivity index (χ2v) is 4.90. The number of carbonyl (C=O) groups excluding carboxylic acids is 1. The molecule has 17 heavy (non-hydrogen) atoms. The van der Waals surface area contributed by atoms with Crippen LogP contribution >= 0.6 is 0 Å². The minimum absolute atomic E-state index is 0.177. The van der Waals surface area contributed by atoms with Crippen LogP contribution in [0.3, 0.4) is 0 Å². The molecule has 0 heterocycles. The van der Waals surface area contributed by atoms with E-state index in [4.69, 9.17) is 9.47 Å². The Morgan fingerprint density at radius 2 is 1.88 bits per heavy atom. The number of methoxy groups -OCH3 is 1. The van der Waals surface area contributed by atoms with Gasteiger partial charge in [0, 0.05) is 6.42 Å². The van der Waals surface area contributed by atoms with E-state index in [-0.39, 0.29) is 5.97 Å². The molecule has 3 heteroatoms. The van der Waals surface area contributed by atoms with Crippen LogP contribution in [0.15, 0.2) is 24.3 Å². The summed E-state index contributed by atoms with van der Waals surface area (Å²) in [6, 6.07) is 7.70. The van der Waals surface area contributed by atoms with Gasteiger partial charge in [0.15, 0.2) is 0 Å². The van der Waals surface area contributed by atoms with Crippen LogP contribution in [0.25, 0.3) is 0 Å². The molecule has 0 amide bonds. The first-order chi connectivity index (χ1) is 7.92. The number of aryl methyl sites for hydroxylation is 1. The highest BCUT2D eigenvalue weighted by Crippen LogP contribution is 2.19. The summed E-state index contributed by atoms with van der Waals surface area (Å²) in [4.78, 5) is 11.6. The molecule has 0 saturated heterocycles. The summed E-state index contributed by atoms with van der Waals surface area (Å²) >= 11 is 0. The molecule has 0 N–H and O–H groups in total. The summed E-state index contributed by atoms with van der Waals surface area (Å²) in [5, 5.41) is 0. The minimum atomic E-state index is -0.419. The number of hydrogen-bond acceptors (Lipinski definition) is 3. The highest BCUT2D eigenvalue weighted by Gasteiger charge is 2.16. The minimum Gasteiger partial charge on any atom is -0.496 e. The Morgan fingerprint density at radius 1 is 1.24 bits per heavy atom. The molecule has 0 saturated carbocycles. The molecule has 0 bridgehead atoms. The largest absolute Gasteiger partial charge is 0.496 e. The number of rotatable bonds is 4. The van der Waals surface area contributed by atoms with Gasteiger partial charge in [0.2, 0.25) is 0 Å². The van der Waals surface area contributed by atoms with E-state index in [0.717, 1.165) is 11.3 Å². The van der Waals surface area contributed by atoms with E-state index in [1.807, 2.05) is 45.0 Å². The van der Waals surface area contributed by atoms with Crippen molar-refractivity contribution in [2.45, 2.75) is 39.2 Å². The van der Waals surface area contributed by atoms with Crippen molar-refractivity contribution >= 4 is 5.97 Å². The molecule has 3 nitrogen and oxygen atoms in total.